The Morgan fingerprint density at radius 3 is 1.79 bits per heavy atom. The standard InChI is InChI=1S/C11H18.2ClH.Zr/c1-8-6-9(2)10(7-8)11(3,4)5;;;/h7H,6H2,1-5H3;2*1H;/q;;;+2/p-2. The summed E-state index contributed by atoms with van der Waals surface area (Å²) in [5, 5.41) is 0. The van der Waals surface area contributed by atoms with Crippen LogP contribution in [0.25, 0.3) is 0 Å². The summed E-state index contributed by atoms with van der Waals surface area (Å²) in [6.45, 7) is 11.3. The van der Waals surface area contributed by atoms with Crippen LogP contribution in [-0.4, -0.2) is 0 Å². The molecule has 0 spiro atoms. The van der Waals surface area contributed by atoms with Crippen molar-refractivity contribution in [1.82, 2.24) is 0 Å². The van der Waals surface area contributed by atoms with Crippen molar-refractivity contribution in [3.8, 4) is 0 Å². The van der Waals surface area contributed by atoms with Gasteiger partial charge in [0.15, 0.2) is 0 Å². The maximum atomic E-state index is 4.93. The van der Waals surface area contributed by atoms with E-state index in [-0.39, 0.29) is 0 Å². The Labute approximate surface area is 106 Å². The van der Waals surface area contributed by atoms with Crippen LogP contribution in [0.5, 0.6) is 0 Å². The predicted molar refractivity (Wildman–Crippen MR) is 62.2 cm³/mol. The summed E-state index contributed by atoms with van der Waals surface area (Å²) in [4.78, 5) is 0. The molecule has 1 rings (SSSR count). The van der Waals surface area contributed by atoms with Crippen molar-refractivity contribution in [2.75, 3.05) is 0 Å². The van der Waals surface area contributed by atoms with Gasteiger partial charge >= 0.3 is 37.9 Å². The quantitative estimate of drug-likeness (QED) is 0.585. The molecule has 0 aromatic rings. The summed E-state index contributed by atoms with van der Waals surface area (Å²) in [6.07, 6.45) is 3.53. The van der Waals surface area contributed by atoms with Gasteiger partial charge in [-0.3, -0.25) is 0 Å². The summed E-state index contributed by atoms with van der Waals surface area (Å²) >= 11 is -0.826. The zero-order valence-corrected chi connectivity index (χ0v) is 13.5. The van der Waals surface area contributed by atoms with Gasteiger partial charge in [0, 0.05) is 0 Å². The van der Waals surface area contributed by atoms with Crippen molar-refractivity contribution >= 4 is 17.0 Å². The van der Waals surface area contributed by atoms with Gasteiger partial charge < -0.3 is 0 Å². The van der Waals surface area contributed by atoms with Crippen LogP contribution in [0.4, 0.5) is 0 Å². The molecule has 0 heterocycles. The van der Waals surface area contributed by atoms with E-state index < -0.39 is 20.8 Å². The normalized spacial score (nSPS) is 16.1. The third-order valence-electron chi connectivity index (χ3n) is 2.20. The SMILES string of the molecule is CC1=CC(C(C)(C)C)=C(C)C1.[Cl][Zr][Cl]. The van der Waals surface area contributed by atoms with E-state index >= 15 is 0 Å². The van der Waals surface area contributed by atoms with Crippen LogP contribution in [0.2, 0.25) is 0 Å². The zero-order valence-electron chi connectivity index (χ0n) is 9.54. The van der Waals surface area contributed by atoms with Crippen molar-refractivity contribution in [3.63, 3.8) is 0 Å². The summed E-state index contributed by atoms with van der Waals surface area (Å²) in [5.41, 5.74) is 4.93. The molecule has 0 unspecified atom stereocenters. The zero-order chi connectivity index (χ0) is 11.4. The summed E-state index contributed by atoms with van der Waals surface area (Å²) in [6, 6.07) is 0. The number of allylic oxidation sites excluding steroid dienone is 4. The predicted octanol–water partition coefficient (Wildman–Crippen LogP) is 5.08. The number of rotatable bonds is 0. The molecule has 0 saturated carbocycles. The van der Waals surface area contributed by atoms with Crippen molar-refractivity contribution in [2.45, 2.75) is 41.0 Å². The van der Waals surface area contributed by atoms with Gasteiger partial charge in [-0.25, -0.2) is 0 Å². The molecule has 80 valence electrons. The summed E-state index contributed by atoms with van der Waals surface area (Å²) in [5.74, 6) is 0. The molecule has 0 N–H and O–H groups in total. The van der Waals surface area contributed by atoms with Crippen molar-refractivity contribution in [1.29, 1.82) is 0 Å². The molecular formula is C11H18Cl2Zr. The van der Waals surface area contributed by atoms with Crippen molar-refractivity contribution in [2.24, 2.45) is 5.41 Å². The minimum absolute atomic E-state index is 0.335. The Bertz CT molecular complexity index is 247. The van der Waals surface area contributed by atoms with Gasteiger partial charge in [0.1, 0.15) is 0 Å². The first-order valence-corrected chi connectivity index (χ1v) is 11.0. The molecule has 0 aromatic heterocycles. The first-order valence-electron chi connectivity index (χ1n) is 4.66. The van der Waals surface area contributed by atoms with E-state index in [9.17, 15) is 0 Å². The first-order chi connectivity index (χ1) is 6.32. The molecule has 0 amide bonds. The Morgan fingerprint density at radius 1 is 1.21 bits per heavy atom. The van der Waals surface area contributed by atoms with Crippen LogP contribution in [0, 0.1) is 5.41 Å². The number of hydrogen-bond acceptors (Lipinski definition) is 0. The minimum atomic E-state index is -0.826. The number of hydrogen-bond donors (Lipinski definition) is 0. The van der Waals surface area contributed by atoms with Gasteiger partial charge in [0.25, 0.3) is 0 Å². The maximum absolute atomic E-state index is 4.93. The molecule has 0 atom stereocenters. The second-order valence-corrected chi connectivity index (χ2v) is 8.41. The Hall–Kier alpha value is 0.943. The van der Waals surface area contributed by atoms with Crippen LogP contribution in [0.15, 0.2) is 22.8 Å². The van der Waals surface area contributed by atoms with E-state index in [4.69, 9.17) is 17.0 Å². The fourth-order valence-corrected chi connectivity index (χ4v) is 1.79. The van der Waals surface area contributed by atoms with Crippen LogP contribution < -0.4 is 0 Å². The van der Waals surface area contributed by atoms with E-state index in [1.807, 2.05) is 0 Å². The fraction of sp³-hybridized carbons (Fsp3) is 0.636. The average Bonchev–Trinajstić information content (AvgIpc) is 2.30. The first kappa shape index (κ1) is 14.9. The van der Waals surface area contributed by atoms with Crippen molar-refractivity contribution < 1.29 is 20.8 Å². The Morgan fingerprint density at radius 2 is 1.64 bits per heavy atom. The van der Waals surface area contributed by atoms with Gasteiger partial charge in [-0.05, 0) is 31.3 Å². The molecule has 0 radical (unpaired) electrons. The van der Waals surface area contributed by atoms with E-state index in [1.54, 1.807) is 5.57 Å². The second-order valence-electron chi connectivity index (χ2n) is 4.68. The van der Waals surface area contributed by atoms with Gasteiger partial charge in [0.05, 0.1) is 0 Å². The molecule has 1 aliphatic carbocycles. The molecular weight excluding hydrogens is 294 g/mol. The summed E-state index contributed by atoms with van der Waals surface area (Å²) < 4.78 is 0. The topological polar surface area (TPSA) is 0 Å². The van der Waals surface area contributed by atoms with Gasteiger partial charge in [-0.15, -0.1) is 0 Å². The van der Waals surface area contributed by atoms with Crippen LogP contribution >= 0.6 is 17.0 Å². The monoisotopic (exact) mass is 310 g/mol. The molecule has 1 aliphatic rings. The van der Waals surface area contributed by atoms with Crippen molar-refractivity contribution in [3.05, 3.63) is 22.8 Å². The molecule has 0 bridgehead atoms. The molecule has 3 heteroatoms. The van der Waals surface area contributed by atoms with E-state index in [0.29, 0.717) is 5.41 Å². The molecule has 14 heavy (non-hydrogen) atoms. The van der Waals surface area contributed by atoms with Gasteiger partial charge in [-0.1, -0.05) is 38.0 Å². The van der Waals surface area contributed by atoms with Crippen LogP contribution in [0.3, 0.4) is 0 Å². The Kier molecular flexibility index (Phi) is 6.95. The van der Waals surface area contributed by atoms with Gasteiger partial charge in [-0.2, -0.15) is 0 Å². The molecule has 0 saturated heterocycles. The second kappa shape index (κ2) is 6.51. The fourth-order valence-electron chi connectivity index (χ4n) is 1.79. The third-order valence-corrected chi connectivity index (χ3v) is 2.20. The van der Waals surface area contributed by atoms with Crippen LogP contribution in [0.1, 0.15) is 41.0 Å². The molecule has 0 nitrogen and oxygen atoms in total. The molecule has 0 aromatic carbocycles. The van der Waals surface area contributed by atoms with E-state index in [0.717, 1.165) is 0 Å². The summed E-state index contributed by atoms with van der Waals surface area (Å²) in [7, 11) is 9.87. The average molecular weight is 312 g/mol. The van der Waals surface area contributed by atoms with Gasteiger partial charge in [0.2, 0.25) is 0 Å². The van der Waals surface area contributed by atoms with E-state index in [2.05, 4.69) is 40.7 Å². The van der Waals surface area contributed by atoms with E-state index in [1.165, 1.54) is 17.6 Å². The molecule has 0 fully saturated rings. The third kappa shape index (κ3) is 5.14. The Balaban J connectivity index is 0.000000500. The van der Waals surface area contributed by atoms with Crippen LogP contribution in [-0.2, 0) is 20.8 Å². The molecule has 0 aliphatic heterocycles. The number of halogens is 2.